The third kappa shape index (κ3) is 6.09. The number of anilines is 1. The van der Waals surface area contributed by atoms with Gasteiger partial charge in [-0.15, -0.1) is 0 Å². The average molecular weight is 301 g/mol. The van der Waals surface area contributed by atoms with Crippen molar-refractivity contribution in [1.82, 2.24) is 5.32 Å². The van der Waals surface area contributed by atoms with Crippen LogP contribution in [-0.2, 0) is 16.0 Å². The van der Waals surface area contributed by atoms with Gasteiger partial charge in [-0.2, -0.15) is 0 Å². The molecule has 0 aliphatic carbocycles. The quantitative estimate of drug-likeness (QED) is 0.673. The van der Waals surface area contributed by atoms with E-state index in [1.807, 2.05) is 12.1 Å². The highest BCUT2D eigenvalue weighted by atomic mass is 35.5. The van der Waals surface area contributed by atoms with E-state index in [1.165, 1.54) is 11.3 Å². The Labute approximate surface area is 127 Å². The standard InChI is InChI=1S/C15H25ClN2O2/c1-18(8-4-9-19-2)15-6-5-14(16)11-13(15)12-17-7-10-20-3/h5-6,11,17H,4,7-10,12H2,1-3H3. The van der Waals surface area contributed by atoms with Crippen LogP contribution in [0.3, 0.4) is 0 Å². The van der Waals surface area contributed by atoms with Gasteiger partial charge in [0.15, 0.2) is 0 Å². The van der Waals surface area contributed by atoms with Gasteiger partial charge in [0.1, 0.15) is 0 Å². The zero-order valence-corrected chi connectivity index (χ0v) is 13.4. The topological polar surface area (TPSA) is 33.7 Å². The van der Waals surface area contributed by atoms with Gasteiger partial charge in [-0.1, -0.05) is 11.6 Å². The minimum atomic E-state index is 0.708. The van der Waals surface area contributed by atoms with Crippen molar-refractivity contribution in [1.29, 1.82) is 0 Å². The Kier molecular flexibility index (Phi) is 8.62. The first-order chi connectivity index (χ1) is 9.69. The van der Waals surface area contributed by atoms with Crippen LogP contribution in [0.2, 0.25) is 5.02 Å². The Morgan fingerprint density at radius 2 is 1.95 bits per heavy atom. The highest BCUT2D eigenvalue weighted by molar-refractivity contribution is 6.30. The minimum absolute atomic E-state index is 0.708. The molecule has 0 saturated heterocycles. The summed E-state index contributed by atoms with van der Waals surface area (Å²) in [6.45, 7) is 4.06. The van der Waals surface area contributed by atoms with E-state index >= 15 is 0 Å². The maximum absolute atomic E-state index is 6.10. The molecule has 0 radical (unpaired) electrons. The summed E-state index contributed by atoms with van der Waals surface area (Å²) >= 11 is 6.10. The fourth-order valence-corrected chi connectivity index (χ4v) is 2.23. The number of hydrogen-bond acceptors (Lipinski definition) is 4. The van der Waals surface area contributed by atoms with E-state index in [4.69, 9.17) is 21.1 Å². The molecule has 0 atom stereocenters. The summed E-state index contributed by atoms with van der Waals surface area (Å²) in [5.74, 6) is 0. The van der Waals surface area contributed by atoms with E-state index in [9.17, 15) is 0 Å². The van der Waals surface area contributed by atoms with Gasteiger partial charge in [-0.25, -0.2) is 0 Å². The molecular formula is C15H25ClN2O2. The molecule has 0 bridgehead atoms. The number of rotatable bonds is 10. The molecule has 1 N–H and O–H groups in total. The predicted octanol–water partition coefficient (Wildman–Crippen LogP) is 2.55. The van der Waals surface area contributed by atoms with Gasteiger partial charge in [-0.3, -0.25) is 0 Å². The summed E-state index contributed by atoms with van der Waals surface area (Å²) in [6, 6.07) is 6.02. The largest absolute Gasteiger partial charge is 0.385 e. The normalized spacial score (nSPS) is 10.8. The SMILES string of the molecule is COCCCN(C)c1ccc(Cl)cc1CNCCOC. The number of nitrogens with one attached hydrogen (secondary N) is 1. The molecule has 1 aromatic carbocycles. The average Bonchev–Trinajstić information content (AvgIpc) is 2.44. The summed E-state index contributed by atoms with van der Waals surface area (Å²) in [4.78, 5) is 2.24. The number of ether oxygens (including phenoxy) is 2. The summed E-state index contributed by atoms with van der Waals surface area (Å²) in [6.07, 6.45) is 1.01. The fraction of sp³-hybridized carbons (Fsp3) is 0.600. The van der Waals surface area contributed by atoms with Crippen LogP contribution < -0.4 is 10.2 Å². The van der Waals surface area contributed by atoms with Gasteiger partial charge < -0.3 is 19.7 Å². The molecule has 0 fully saturated rings. The predicted molar refractivity (Wildman–Crippen MR) is 84.8 cm³/mol. The van der Waals surface area contributed by atoms with Gasteiger partial charge in [0.25, 0.3) is 0 Å². The number of hydrogen-bond donors (Lipinski definition) is 1. The third-order valence-corrected chi connectivity index (χ3v) is 3.33. The van der Waals surface area contributed by atoms with E-state index in [1.54, 1.807) is 14.2 Å². The summed E-state index contributed by atoms with van der Waals surface area (Å²) in [5.41, 5.74) is 2.41. The lowest BCUT2D eigenvalue weighted by molar-refractivity contribution is 0.196. The van der Waals surface area contributed by atoms with Crippen LogP contribution in [0.5, 0.6) is 0 Å². The molecule has 1 rings (SSSR count). The van der Waals surface area contributed by atoms with Crippen LogP contribution >= 0.6 is 11.6 Å². The van der Waals surface area contributed by atoms with Crippen molar-refractivity contribution in [2.45, 2.75) is 13.0 Å². The van der Waals surface area contributed by atoms with Crippen LogP contribution in [0.4, 0.5) is 5.69 Å². The molecule has 1 aromatic rings. The van der Waals surface area contributed by atoms with Crippen LogP contribution in [0.1, 0.15) is 12.0 Å². The molecule has 0 spiro atoms. The Morgan fingerprint density at radius 3 is 2.65 bits per heavy atom. The lowest BCUT2D eigenvalue weighted by Crippen LogP contribution is -2.24. The highest BCUT2D eigenvalue weighted by Gasteiger charge is 2.08. The lowest BCUT2D eigenvalue weighted by Gasteiger charge is -2.23. The first-order valence-electron chi connectivity index (χ1n) is 6.87. The summed E-state index contributed by atoms with van der Waals surface area (Å²) in [7, 11) is 5.53. The summed E-state index contributed by atoms with van der Waals surface area (Å²) < 4.78 is 10.1. The van der Waals surface area contributed by atoms with E-state index in [-0.39, 0.29) is 0 Å². The molecule has 4 nitrogen and oxygen atoms in total. The molecule has 0 heterocycles. The molecule has 0 unspecified atom stereocenters. The maximum atomic E-state index is 6.10. The Balaban J connectivity index is 2.63. The van der Waals surface area contributed by atoms with Crippen LogP contribution in [0, 0.1) is 0 Å². The Bertz CT molecular complexity index is 388. The molecule has 0 saturated carbocycles. The maximum Gasteiger partial charge on any atom is 0.0587 e. The van der Waals surface area contributed by atoms with E-state index in [0.717, 1.165) is 37.7 Å². The second-order valence-electron chi connectivity index (χ2n) is 4.71. The number of methoxy groups -OCH3 is 2. The molecule has 0 aromatic heterocycles. The van der Waals surface area contributed by atoms with Gasteiger partial charge >= 0.3 is 0 Å². The van der Waals surface area contributed by atoms with Crippen molar-refractivity contribution in [3.05, 3.63) is 28.8 Å². The Hall–Kier alpha value is -0.810. The number of halogens is 1. The third-order valence-electron chi connectivity index (χ3n) is 3.09. The van der Waals surface area contributed by atoms with Crippen LogP contribution in [0.15, 0.2) is 18.2 Å². The molecule has 0 aliphatic heterocycles. The molecule has 5 heteroatoms. The van der Waals surface area contributed by atoms with Crippen LogP contribution in [-0.4, -0.2) is 47.6 Å². The van der Waals surface area contributed by atoms with Crippen molar-refractivity contribution in [3.8, 4) is 0 Å². The zero-order valence-electron chi connectivity index (χ0n) is 12.6. The van der Waals surface area contributed by atoms with Gasteiger partial charge in [0.05, 0.1) is 6.61 Å². The van der Waals surface area contributed by atoms with E-state index in [2.05, 4.69) is 23.3 Å². The first kappa shape index (κ1) is 17.2. The van der Waals surface area contributed by atoms with E-state index in [0.29, 0.717) is 6.61 Å². The molecule has 0 amide bonds. The second kappa shape index (κ2) is 10.00. The monoisotopic (exact) mass is 300 g/mol. The fourth-order valence-electron chi connectivity index (χ4n) is 2.03. The lowest BCUT2D eigenvalue weighted by atomic mass is 10.1. The van der Waals surface area contributed by atoms with Gasteiger partial charge in [0.2, 0.25) is 0 Å². The second-order valence-corrected chi connectivity index (χ2v) is 5.15. The molecular weight excluding hydrogens is 276 g/mol. The van der Waals surface area contributed by atoms with Crippen molar-refractivity contribution in [2.24, 2.45) is 0 Å². The van der Waals surface area contributed by atoms with Crippen molar-refractivity contribution >= 4 is 17.3 Å². The van der Waals surface area contributed by atoms with Gasteiger partial charge in [0, 0.05) is 58.2 Å². The van der Waals surface area contributed by atoms with Crippen molar-refractivity contribution in [3.63, 3.8) is 0 Å². The van der Waals surface area contributed by atoms with Crippen LogP contribution in [0.25, 0.3) is 0 Å². The van der Waals surface area contributed by atoms with Crippen molar-refractivity contribution in [2.75, 3.05) is 52.5 Å². The molecule has 114 valence electrons. The zero-order chi connectivity index (χ0) is 14.8. The first-order valence-corrected chi connectivity index (χ1v) is 7.25. The minimum Gasteiger partial charge on any atom is -0.385 e. The molecule has 0 aliphatic rings. The number of benzene rings is 1. The Morgan fingerprint density at radius 1 is 1.20 bits per heavy atom. The number of nitrogens with zero attached hydrogens (tertiary/aromatic N) is 1. The molecule has 20 heavy (non-hydrogen) atoms. The van der Waals surface area contributed by atoms with E-state index < -0.39 is 0 Å². The summed E-state index contributed by atoms with van der Waals surface area (Å²) in [5, 5.41) is 4.12. The van der Waals surface area contributed by atoms with Crippen molar-refractivity contribution < 1.29 is 9.47 Å². The highest BCUT2D eigenvalue weighted by Crippen LogP contribution is 2.23. The smallest absolute Gasteiger partial charge is 0.0587 e. The van der Waals surface area contributed by atoms with Gasteiger partial charge in [-0.05, 0) is 30.2 Å².